The molecular weight excluding hydrogens is 486 g/mol. The van der Waals surface area contributed by atoms with E-state index in [0.717, 1.165) is 11.1 Å². The van der Waals surface area contributed by atoms with E-state index in [9.17, 15) is 19.6 Å². The van der Waals surface area contributed by atoms with E-state index in [1.165, 1.54) is 0 Å². The summed E-state index contributed by atoms with van der Waals surface area (Å²) in [4.78, 5) is 37.2. The van der Waals surface area contributed by atoms with Gasteiger partial charge in [0, 0.05) is 53.9 Å². The van der Waals surface area contributed by atoms with E-state index in [0.29, 0.717) is 60.7 Å². The quantitative estimate of drug-likeness (QED) is 0.417. The number of hydrogen-bond acceptors (Lipinski definition) is 6. The Hall–Kier alpha value is -4.65. The molecule has 0 unspecified atom stereocenters. The van der Waals surface area contributed by atoms with Crippen LogP contribution in [0.15, 0.2) is 48.7 Å². The molecule has 2 aromatic carbocycles. The average molecular weight is 514 g/mol. The molecule has 1 fully saturated rings. The van der Waals surface area contributed by atoms with Crippen molar-refractivity contribution in [3.8, 4) is 11.8 Å². The lowest BCUT2D eigenvalue weighted by Gasteiger charge is -2.27. The molecule has 10 nitrogen and oxygen atoms in total. The highest BCUT2D eigenvalue weighted by Crippen LogP contribution is 2.61. The SMILES string of the molecule is Cn1ccc(NC(=O)c2ccc3c(c2)[C@]2(CCO3)C[C@H]2C(=O)Nc2cc(C#N)ccc2CCCC(=O)O)n1. The second-order valence-corrected chi connectivity index (χ2v) is 9.77. The number of benzene rings is 2. The van der Waals surface area contributed by atoms with Crippen LogP contribution in [0.25, 0.3) is 0 Å². The van der Waals surface area contributed by atoms with Crippen molar-refractivity contribution in [1.29, 1.82) is 5.26 Å². The maximum atomic E-state index is 13.4. The second kappa shape index (κ2) is 10.0. The Morgan fingerprint density at radius 1 is 1.21 bits per heavy atom. The molecule has 0 radical (unpaired) electrons. The van der Waals surface area contributed by atoms with E-state index in [2.05, 4.69) is 21.8 Å². The van der Waals surface area contributed by atoms with Crippen molar-refractivity contribution in [2.75, 3.05) is 17.2 Å². The van der Waals surface area contributed by atoms with Gasteiger partial charge < -0.3 is 20.5 Å². The summed E-state index contributed by atoms with van der Waals surface area (Å²) in [5.41, 5.74) is 2.58. The van der Waals surface area contributed by atoms with Crippen molar-refractivity contribution in [3.63, 3.8) is 0 Å². The standard InChI is InChI=1S/C28H27N5O5/c1-33-11-9-24(32-33)31-26(36)19-7-8-23-20(14-19)28(10-12-38-23)15-21(28)27(37)30-22-13-17(16-29)5-6-18(22)3-2-4-25(34)35/h5-9,11,13-14,21H,2-4,10,12,15H2,1H3,(H,30,37)(H,34,35)(H,31,32,36)/t21-,28-/m0/s1. The number of carbonyl (C=O) groups is 3. The Labute approximate surface area is 219 Å². The molecule has 3 aromatic rings. The molecule has 1 aliphatic carbocycles. The Kier molecular flexibility index (Phi) is 6.59. The number of nitrogens with zero attached hydrogens (tertiary/aromatic N) is 3. The Balaban J connectivity index is 1.35. The molecule has 38 heavy (non-hydrogen) atoms. The molecule has 2 heterocycles. The van der Waals surface area contributed by atoms with E-state index in [4.69, 9.17) is 9.84 Å². The molecule has 1 saturated carbocycles. The highest BCUT2D eigenvalue weighted by Gasteiger charge is 2.61. The molecule has 194 valence electrons. The van der Waals surface area contributed by atoms with Crippen LogP contribution in [0, 0.1) is 17.2 Å². The van der Waals surface area contributed by atoms with Crippen molar-refractivity contribution in [1.82, 2.24) is 9.78 Å². The molecule has 2 atom stereocenters. The number of ether oxygens (including phenoxy) is 1. The minimum atomic E-state index is -0.879. The number of carboxylic acids is 1. The number of carbonyl (C=O) groups excluding carboxylic acids is 2. The minimum absolute atomic E-state index is 0.0200. The topological polar surface area (TPSA) is 146 Å². The van der Waals surface area contributed by atoms with Gasteiger partial charge in [-0.3, -0.25) is 19.1 Å². The van der Waals surface area contributed by atoms with Crippen LogP contribution >= 0.6 is 0 Å². The molecular formula is C28H27N5O5. The van der Waals surface area contributed by atoms with Crippen LogP contribution in [-0.2, 0) is 28.5 Å². The van der Waals surface area contributed by atoms with Crippen molar-refractivity contribution in [2.45, 2.75) is 37.5 Å². The third kappa shape index (κ3) is 4.95. The maximum absolute atomic E-state index is 13.4. The predicted molar refractivity (Wildman–Crippen MR) is 138 cm³/mol. The number of aromatic nitrogens is 2. The fraction of sp³-hybridized carbons (Fsp3) is 0.321. The monoisotopic (exact) mass is 513 g/mol. The lowest BCUT2D eigenvalue weighted by atomic mass is 9.86. The molecule has 0 bridgehead atoms. The Morgan fingerprint density at radius 3 is 2.79 bits per heavy atom. The van der Waals surface area contributed by atoms with Crippen molar-refractivity contribution in [3.05, 3.63) is 70.9 Å². The lowest BCUT2D eigenvalue weighted by molar-refractivity contribution is -0.137. The van der Waals surface area contributed by atoms with Crippen molar-refractivity contribution in [2.24, 2.45) is 13.0 Å². The number of fused-ring (bicyclic) bond motifs is 2. The highest BCUT2D eigenvalue weighted by molar-refractivity contribution is 6.04. The maximum Gasteiger partial charge on any atom is 0.303 e. The van der Waals surface area contributed by atoms with Crippen LogP contribution in [0.2, 0.25) is 0 Å². The summed E-state index contributed by atoms with van der Waals surface area (Å²) >= 11 is 0. The van der Waals surface area contributed by atoms with Gasteiger partial charge in [-0.25, -0.2) is 0 Å². The zero-order chi connectivity index (χ0) is 26.9. The van der Waals surface area contributed by atoms with E-state index in [-0.39, 0.29) is 24.2 Å². The van der Waals surface area contributed by atoms with Gasteiger partial charge in [-0.1, -0.05) is 6.07 Å². The first-order chi connectivity index (χ1) is 18.3. The van der Waals surface area contributed by atoms with Gasteiger partial charge in [0.15, 0.2) is 5.82 Å². The number of aryl methyl sites for hydroxylation is 2. The van der Waals surface area contributed by atoms with Crippen LogP contribution in [0.5, 0.6) is 5.75 Å². The van der Waals surface area contributed by atoms with Gasteiger partial charge >= 0.3 is 5.97 Å². The Morgan fingerprint density at radius 2 is 2.05 bits per heavy atom. The summed E-state index contributed by atoms with van der Waals surface area (Å²) in [7, 11) is 1.77. The molecule has 3 N–H and O–H groups in total. The number of amides is 2. The smallest absolute Gasteiger partial charge is 0.303 e. The Bertz CT molecular complexity index is 1470. The number of aliphatic carboxylic acids is 1. The first-order valence-corrected chi connectivity index (χ1v) is 12.4. The largest absolute Gasteiger partial charge is 0.493 e. The number of nitrogens with one attached hydrogen (secondary N) is 2. The van der Waals surface area contributed by atoms with Gasteiger partial charge in [0.05, 0.1) is 18.2 Å². The molecule has 10 heteroatoms. The molecule has 1 aromatic heterocycles. The third-order valence-electron chi connectivity index (χ3n) is 7.26. The highest BCUT2D eigenvalue weighted by atomic mass is 16.5. The average Bonchev–Trinajstić information content (AvgIpc) is 3.47. The second-order valence-electron chi connectivity index (χ2n) is 9.77. The summed E-state index contributed by atoms with van der Waals surface area (Å²) in [6.45, 7) is 0.473. The van der Waals surface area contributed by atoms with Gasteiger partial charge in [0.2, 0.25) is 5.91 Å². The predicted octanol–water partition coefficient (Wildman–Crippen LogP) is 3.63. The molecule has 2 amide bonds. The number of nitriles is 1. The summed E-state index contributed by atoms with van der Waals surface area (Å²) in [6.07, 6.45) is 3.91. The van der Waals surface area contributed by atoms with Gasteiger partial charge in [-0.2, -0.15) is 10.4 Å². The van der Waals surface area contributed by atoms with Crippen LogP contribution in [0.1, 0.15) is 52.7 Å². The summed E-state index contributed by atoms with van der Waals surface area (Å²) in [5.74, 6) is -0.554. The molecule has 5 rings (SSSR count). The normalized spacial score (nSPS) is 19.1. The van der Waals surface area contributed by atoms with Crippen LogP contribution < -0.4 is 15.4 Å². The fourth-order valence-corrected chi connectivity index (χ4v) is 5.19. The number of carboxylic acid groups (broad SMARTS) is 1. The first-order valence-electron chi connectivity index (χ1n) is 12.4. The number of hydrogen-bond donors (Lipinski definition) is 3. The number of rotatable bonds is 8. The summed E-state index contributed by atoms with van der Waals surface area (Å²) in [5, 5.41) is 28.3. The van der Waals surface area contributed by atoms with Gasteiger partial charge in [0.1, 0.15) is 5.75 Å². The van der Waals surface area contributed by atoms with E-state index in [1.54, 1.807) is 60.4 Å². The first kappa shape index (κ1) is 25.0. The summed E-state index contributed by atoms with van der Waals surface area (Å²) in [6, 6.07) is 14.1. The van der Waals surface area contributed by atoms with E-state index >= 15 is 0 Å². The fourth-order valence-electron chi connectivity index (χ4n) is 5.19. The van der Waals surface area contributed by atoms with E-state index in [1.807, 2.05) is 0 Å². The van der Waals surface area contributed by atoms with Gasteiger partial charge in [-0.15, -0.1) is 0 Å². The van der Waals surface area contributed by atoms with Crippen molar-refractivity contribution < 1.29 is 24.2 Å². The minimum Gasteiger partial charge on any atom is -0.493 e. The van der Waals surface area contributed by atoms with Gasteiger partial charge in [0.25, 0.3) is 5.91 Å². The zero-order valence-corrected chi connectivity index (χ0v) is 20.9. The molecule has 2 aliphatic rings. The van der Waals surface area contributed by atoms with Crippen LogP contribution in [0.3, 0.4) is 0 Å². The van der Waals surface area contributed by atoms with Crippen molar-refractivity contribution >= 4 is 29.3 Å². The third-order valence-corrected chi connectivity index (χ3v) is 7.26. The van der Waals surface area contributed by atoms with E-state index < -0.39 is 11.4 Å². The molecule has 0 saturated heterocycles. The zero-order valence-electron chi connectivity index (χ0n) is 20.9. The van der Waals surface area contributed by atoms with Crippen LogP contribution in [-0.4, -0.2) is 39.3 Å². The number of anilines is 2. The van der Waals surface area contributed by atoms with Gasteiger partial charge in [-0.05, 0) is 61.6 Å². The lowest BCUT2D eigenvalue weighted by Crippen LogP contribution is -2.27. The van der Waals surface area contributed by atoms with Crippen LogP contribution in [0.4, 0.5) is 11.5 Å². The molecule has 1 aliphatic heterocycles. The molecule has 1 spiro atoms. The summed E-state index contributed by atoms with van der Waals surface area (Å²) < 4.78 is 7.45.